The molecule has 94 valence electrons. The largest absolute Gasteiger partial charge is 0.507 e. The molecule has 0 bridgehead atoms. The number of hydrogen-bond acceptors (Lipinski definition) is 2. The third-order valence-corrected chi connectivity index (χ3v) is 3.18. The summed E-state index contributed by atoms with van der Waals surface area (Å²) in [6.07, 6.45) is 0. The van der Waals surface area contributed by atoms with Gasteiger partial charge < -0.3 is 10.4 Å². The Morgan fingerprint density at radius 2 is 2.12 bits per heavy atom. The molecule has 1 aromatic rings. The number of benzene rings is 1. The number of phenols is 1. The molecule has 1 amide bonds. The Labute approximate surface area is 105 Å². The second kappa shape index (κ2) is 4.92. The Morgan fingerprint density at radius 1 is 1.53 bits per heavy atom. The topological polar surface area (TPSA) is 49.3 Å². The maximum absolute atomic E-state index is 12.8. The van der Waals surface area contributed by atoms with Gasteiger partial charge in [-0.25, -0.2) is 4.39 Å². The van der Waals surface area contributed by atoms with E-state index in [2.05, 4.69) is 5.32 Å². The third kappa shape index (κ3) is 3.33. The van der Waals surface area contributed by atoms with Crippen LogP contribution >= 0.6 is 11.6 Å². The van der Waals surface area contributed by atoms with Gasteiger partial charge in [0.2, 0.25) is 0 Å². The number of halogens is 2. The van der Waals surface area contributed by atoms with Gasteiger partial charge in [0.25, 0.3) is 5.91 Å². The van der Waals surface area contributed by atoms with Crippen molar-refractivity contribution in [1.29, 1.82) is 0 Å². The molecule has 0 saturated heterocycles. The van der Waals surface area contributed by atoms with Crippen molar-refractivity contribution in [2.45, 2.75) is 31.7 Å². The van der Waals surface area contributed by atoms with Crippen molar-refractivity contribution in [2.24, 2.45) is 0 Å². The highest BCUT2D eigenvalue weighted by Gasteiger charge is 2.27. The van der Waals surface area contributed by atoms with Crippen LogP contribution in [0.5, 0.6) is 5.75 Å². The molecule has 0 radical (unpaired) electrons. The number of carbonyl (C=O) groups is 1. The lowest BCUT2D eigenvalue weighted by Gasteiger charge is -2.29. The fourth-order valence-electron chi connectivity index (χ4n) is 1.16. The molecule has 0 spiro atoms. The number of aromatic hydroxyl groups is 1. The number of hydrogen-bond donors (Lipinski definition) is 2. The Bertz CT molecular complexity index is 433. The first kappa shape index (κ1) is 13.8. The lowest BCUT2D eigenvalue weighted by molar-refractivity contribution is 0.0909. The Kier molecular flexibility index (Phi) is 3.98. The molecule has 0 heterocycles. The number of phenolic OH excluding ortho intramolecular Hbond substituents is 1. The summed E-state index contributed by atoms with van der Waals surface area (Å²) >= 11 is 5.93. The normalized spacial score (nSPS) is 13.2. The molecule has 1 atom stereocenters. The molecule has 0 aromatic heterocycles. The molecule has 0 aliphatic carbocycles. The van der Waals surface area contributed by atoms with E-state index in [1.165, 1.54) is 6.07 Å². The van der Waals surface area contributed by atoms with Crippen molar-refractivity contribution in [3.05, 3.63) is 29.6 Å². The highest BCUT2D eigenvalue weighted by Crippen LogP contribution is 2.20. The van der Waals surface area contributed by atoms with Gasteiger partial charge in [-0.2, -0.15) is 0 Å². The van der Waals surface area contributed by atoms with E-state index >= 15 is 0 Å². The van der Waals surface area contributed by atoms with Gasteiger partial charge >= 0.3 is 0 Å². The average molecular weight is 260 g/mol. The van der Waals surface area contributed by atoms with Crippen molar-refractivity contribution >= 4 is 17.5 Å². The van der Waals surface area contributed by atoms with Crippen LogP contribution in [0.1, 0.15) is 31.1 Å². The van der Waals surface area contributed by atoms with Gasteiger partial charge in [-0.05, 0) is 32.9 Å². The number of carbonyl (C=O) groups excluding carboxylic acids is 1. The van der Waals surface area contributed by atoms with E-state index in [0.717, 1.165) is 12.1 Å². The molecule has 3 nitrogen and oxygen atoms in total. The summed E-state index contributed by atoms with van der Waals surface area (Å²) in [7, 11) is 0. The number of rotatable bonds is 3. The number of alkyl halides is 1. The summed E-state index contributed by atoms with van der Waals surface area (Å²) in [5, 5.41) is 11.9. The van der Waals surface area contributed by atoms with E-state index in [1.54, 1.807) is 20.8 Å². The van der Waals surface area contributed by atoms with E-state index in [1.807, 2.05) is 0 Å². The molecule has 1 rings (SSSR count). The average Bonchev–Trinajstić information content (AvgIpc) is 2.15. The van der Waals surface area contributed by atoms with Crippen LogP contribution in [0.4, 0.5) is 4.39 Å². The lowest BCUT2D eigenvalue weighted by atomic mass is 10.0. The minimum absolute atomic E-state index is 0.0248. The van der Waals surface area contributed by atoms with Crippen molar-refractivity contribution in [1.82, 2.24) is 5.32 Å². The van der Waals surface area contributed by atoms with Crippen LogP contribution in [0, 0.1) is 5.82 Å². The minimum Gasteiger partial charge on any atom is -0.507 e. The summed E-state index contributed by atoms with van der Waals surface area (Å²) in [6.45, 7) is 5.29. The molecular formula is C12H15ClFNO2. The fraction of sp³-hybridized carbons (Fsp3) is 0.417. The van der Waals surface area contributed by atoms with Crippen LogP contribution in [-0.2, 0) is 0 Å². The van der Waals surface area contributed by atoms with Crippen LogP contribution in [-0.4, -0.2) is 21.9 Å². The fourth-order valence-corrected chi connectivity index (χ4v) is 1.21. The molecule has 17 heavy (non-hydrogen) atoms. The van der Waals surface area contributed by atoms with Crippen LogP contribution in [0.15, 0.2) is 18.2 Å². The second-order valence-corrected chi connectivity index (χ2v) is 5.11. The van der Waals surface area contributed by atoms with Crippen LogP contribution < -0.4 is 5.32 Å². The van der Waals surface area contributed by atoms with Crippen LogP contribution in [0.25, 0.3) is 0 Å². The van der Waals surface area contributed by atoms with Crippen molar-refractivity contribution in [3.8, 4) is 5.75 Å². The van der Waals surface area contributed by atoms with Crippen molar-refractivity contribution in [2.75, 3.05) is 0 Å². The number of amides is 1. The zero-order chi connectivity index (χ0) is 13.2. The van der Waals surface area contributed by atoms with Crippen LogP contribution in [0.2, 0.25) is 0 Å². The Hall–Kier alpha value is -1.29. The van der Waals surface area contributed by atoms with Crippen molar-refractivity contribution < 1.29 is 14.3 Å². The van der Waals surface area contributed by atoms with Gasteiger partial charge in [0, 0.05) is 6.07 Å². The molecule has 1 aromatic carbocycles. The van der Waals surface area contributed by atoms with Gasteiger partial charge in [-0.1, -0.05) is 0 Å². The molecule has 0 fully saturated rings. The van der Waals surface area contributed by atoms with E-state index in [-0.39, 0.29) is 16.7 Å². The molecule has 5 heteroatoms. The highest BCUT2D eigenvalue weighted by atomic mass is 35.5. The zero-order valence-electron chi connectivity index (χ0n) is 9.92. The van der Waals surface area contributed by atoms with Gasteiger partial charge in [-0.3, -0.25) is 4.79 Å². The van der Waals surface area contributed by atoms with Gasteiger partial charge in [0.1, 0.15) is 11.6 Å². The smallest absolute Gasteiger partial charge is 0.255 e. The first-order chi connectivity index (χ1) is 7.74. The van der Waals surface area contributed by atoms with E-state index in [4.69, 9.17) is 11.6 Å². The first-order valence-corrected chi connectivity index (χ1v) is 5.63. The van der Waals surface area contributed by atoms with E-state index in [9.17, 15) is 14.3 Å². The van der Waals surface area contributed by atoms with Gasteiger partial charge in [0.05, 0.1) is 16.5 Å². The van der Waals surface area contributed by atoms with Crippen LogP contribution in [0.3, 0.4) is 0 Å². The Morgan fingerprint density at radius 3 is 2.59 bits per heavy atom. The maximum Gasteiger partial charge on any atom is 0.255 e. The van der Waals surface area contributed by atoms with Gasteiger partial charge in [-0.15, -0.1) is 11.6 Å². The molecule has 0 aliphatic heterocycles. The molecule has 0 saturated carbocycles. The molecular weight excluding hydrogens is 245 g/mol. The molecule has 0 aliphatic rings. The SMILES string of the molecule is CC(Cl)C(C)(C)NC(=O)c1ccc(F)cc1O. The van der Waals surface area contributed by atoms with Crippen molar-refractivity contribution in [3.63, 3.8) is 0 Å². The highest BCUT2D eigenvalue weighted by molar-refractivity contribution is 6.21. The molecule has 1 unspecified atom stereocenters. The summed E-state index contributed by atoms with van der Waals surface area (Å²) in [4.78, 5) is 11.8. The minimum atomic E-state index is -0.626. The monoisotopic (exact) mass is 259 g/mol. The predicted octanol–water partition coefficient (Wildman–Crippen LogP) is 2.67. The summed E-state index contributed by atoms with van der Waals surface area (Å²) in [6, 6.07) is 3.24. The molecule has 2 N–H and O–H groups in total. The second-order valence-electron chi connectivity index (χ2n) is 4.45. The quantitative estimate of drug-likeness (QED) is 0.820. The van der Waals surface area contributed by atoms with E-state index < -0.39 is 17.3 Å². The Balaban J connectivity index is 2.91. The van der Waals surface area contributed by atoms with E-state index in [0.29, 0.717) is 0 Å². The predicted molar refractivity (Wildman–Crippen MR) is 64.9 cm³/mol. The third-order valence-electron chi connectivity index (χ3n) is 2.63. The summed E-state index contributed by atoms with van der Waals surface area (Å²) < 4.78 is 12.8. The lowest BCUT2D eigenvalue weighted by Crippen LogP contribution is -2.49. The number of nitrogens with one attached hydrogen (secondary N) is 1. The van der Waals surface area contributed by atoms with Gasteiger partial charge in [0.15, 0.2) is 0 Å². The summed E-state index contributed by atoms with van der Waals surface area (Å²) in [5.41, 5.74) is -0.601. The summed E-state index contributed by atoms with van der Waals surface area (Å²) in [5.74, 6) is -1.47. The first-order valence-electron chi connectivity index (χ1n) is 5.19. The standard InChI is InChI=1S/C12H15ClFNO2/c1-7(13)12(2,3)15-11(17)9-5-4-8(14)6-10(9)16/h4-7,16H,1-3H3,(H,15,17). The maximum atomic E-state index is 12.8. The zero-order valence-corrected chi connectivity index (χ0v) is 10.7.